The van der Waals surface area contributed by atoms with Crippen molar-refractivity contribution in [1.82, 2.24) is 4.90 Å². The fourth-order valence-electron chi connectivity index (χ4n) is 1.000. The minimum Gasteiger partial charge on any atom is -0.479 e. The zero-order valence-corrected chi connectivity index (χ0v) is 9.64. The number of likely N-dealkylation sites (tertiary alicyclic amines) is 1. The summed E-state index contributed by atoms with van der Waals surface area (Å²) in [5.41, 5.74) is 0. The Labute approximate surface area is 92.7 Å². The molecule has 3 atom stereocenters. The normalized spacial score (nSPS) is 39.8. The van der Waals surface area contributed by atoms with Crippen LogP contribution in [0.2, 0.25) is 0 Å². The van der Waals surface area contributed by atoms with Gasteiger partial charge >= 0.3 is 0 Å². The summed E-state index contributed by atoms with van der Waals surface area (Å²) in [6.07, 6.45) is 0.275. The molecule has 0 aromatic rings. The number of hydrogen-bond donors (Lipinski definition) is 2. The predicted octanol–water partition coefficient (Wildman–Crippen LogP) is -0.594. The third-order valence-corrected chi connectivity index (χ3v) is 1.86. The Morgan fingerprint density at radius 2 is 1.82 bits per heavy atom. The first-order chi connectivity index (χ1) is 4.61. The van der Waals surface area contributed by atoms with Gasteiger partial charge in [-0.3, -0.25) is 6.42 Å². The molecular formula is C7H13NO2Y-2. The SMILES string of the molecule is CC1[CH-]C(O)C(O)[CH-]N1C.[Y]. The van der Waals surface area contributed by atoms with E-state index in [9.17, 15) is 0 Å². The maximum absolute atomic E-state index is 9.10. The Bertz CT molecular complexity index is 97.0. The minimum atomic E-state index is -0.735. The largest absolute Gasteiger partial charge is 0.479 e. The van der Waals surface area contributed by atoms with Crippen LogP contribution in [0.25, 0.3) is 0 Å². The molecule has 1 heterocycles. The van der Waals surface area contributed by atoms with Crippen molar-refractivity contribution in [1.29, 1.82) is 0 Å². The van der Waals surface area contributed by atoms with Crippen molar-refractivity contribution in [3.63, 3.8) is 0 Å². The molecule has 1 aliphatic heterocycles. The first-order valence-corrected chi connectivity index (χ1v) is 3.39. The van der Waals surface area contributed by atoms with Crippen LogP contribution in [0.15, 0.2) is 0 Å². The van der Waals surface area contributed by atoms with Crippen molar-refractivity contribution in [3.05, 3.63) is 13.0 Å². The number of likely N-dealkylation sites (N-methyl/N-ethyl adjacent to an activating group) is 1. The number of aliphatic hydroxyl groups is 2. The van der Waals surface area contributed by atoms with E-state index in [2.05, 4.69) is 0 Å². The molecule has 1 fully saturated rings. The number of hydrogen-bond acceptors (Lipinski definition) is 3. The molecule has 3 nitrogen and oxygen atoms in total. The quantitative estimate of drug-likeness (QED) is 0.548. The van der Waals surface area contributed by atoms with Crippen LogP contribution in [0.3, 0.4) is 0 Å². The molecule has 0 aliphatic carbocycles. The zero-order chi connectivity index (χ0) is 7.72. The molecular weight excluding hydrogens is 219 g/mol. The second kappa shape index (κ2) is 4.88. The summed E-state index contributed by atoms with van der Waals surface area (Å²) in [4.78, 5) is 1.87. The van der Waals surface area contributed by atoms with Gasteiger partial charge in [-0.1, -0.05) is 19.1 Å². The third-order valence-electron chi connectivity index (χ3n) is 1.86. The number of piperidine rings is 1. The van der Waals surface area contributed by atoms with E-state index in [0.29, 0.717) is 0 Å². The predicted molar refractivity (Wildman–Crippen MR) is 37.8 cm³/mol. The van der Waals surface area contributed by atoms with E-state index < -0.39 is 12.2 Å². The molecule has 3 unspecified atom stereocenters. The summed E-state index contributed by atoms with van der Waals surface area (Å²) in [6, 6.07) is 0.207. The van der Waals surface area contributed by atoms with Crippen LogP contribution < -0.4 is 0 Å². The molecule has 4 heteroatoms. The maximum atomic E-state index is 9.10. The van der Waals surface area contributed by atoms with Crippen molar-refractivity contribution >= 4 is 0 Å². The van der Waals surface area contributed by atoms with Crippen LogP contribution in [0.1, 0.15) is 6.92 Å². The van der Waals surface area contributed by atoms with E-state index in [1.54, 1.807) is 13.0 Å². The molecule has 1 aliphatic rings. The van der Waals surface area contributed by atoms with Crippen LogP contribution in [-0.4, -0.2) is 40.4 Å². The summed E-state index contributed by atoms with van der Waals surface area (Å²) in [5.74, 6) is 0. The molecule has 1 radical (unpaired) electrons. The number of nitrogens with zero attached hydrogens (tertiary/aromatic N) is 1. The van der Waals surface area contributed by atoms with Gasteiger partial charge in [0.25, 0.3) is 0 Å². The Kier molecular flexibility index (Phi) is 5.31. The van der Waals surface area contributed by atoms with Gasteiger partial charge in [-0.2, -0.15) is 0 Å². The smallest absolute Gasteiger partial charge is 0 e. The van der Waals surface area contributed by atoms with Gasteiger partial charge in [0.2, 0.25) is 0 Å². The Morgan fingerprint density at radius 1 is 1.27 bits per heavy atom. The van der Waals surface area contributed by atoms with Crippen molar-refractivity contribution in [2.75, 3.05) is 7.05 Å². The topological polar surface area (TPSA) is 43.7 Å². The third kappa shape index (κ3) is 3.07. The summed E-state index contributed by atoms with van der Waals surface area (Å²) < 4.78 is 0. The van der Waals surface area contributed by atoms with Gasteiger partial charge in [-0.15, -0.1) is 6.04 Å². The van der Waals surface area contributed by atoms with Crippen LogP contribution in [0, 0.1) is 13.0 Å². The van der Waals surface area contributed by atoms with E-state index in [1.807, 2.05) is 18.9 Å². The van der Waals surface area contributed by atoms with Crippen molar-refractivity contribution in [2.45, 2.75) is 25.2 Å². The average Bonchev–Trinajstić information content (AvgIpc) is 1.84. The first-order valence-electron chi connectivity index (χ1n) is 3.39. The first kappa shape index (κ1) is 12.0. The van der Waals surface area contributed by atoms with E-state index in [0.717, 1.165) is 0 Å². The van der Waals surface area contributed by atoms with E-state index in [-0.39, 0.29) is 38.8 Å². The van der Waals surface area contributed by atoms with E-state index >= 15 is 0 Å². The van der Waals surface area contributed by atoms with Crippen molar-refractivity contribution in [3.8, 4) is 0 Å². The summed E-state index contributed by atoms with van der Waals surface area (Å²) in [7, 11) is 1.87. The molecule has 0 spiro atoms. The summed E-state index contributed by atoms with van der Waals surface area (Å²) in [6.45, 7) is 3.58. The molecule has 0 saturated carbocycles. The summed E-state index contributed by atoms with van der Waals surface area (Å²) in [5, 5.41) is 18.2. The Balaban J connectivity index is 0.000001000. The van der Waals surface area contributed by atoms with Gasteiger partial charge < -0.3 is 15.1 Å². The monoisotopic (exact) mass is 232 g/mol. The maximum Gasteiger partial charge on any atom is 0 e. The fraction of sp³-hybridized carbons (Fsp3) is 0.714. The number of aliphatic hydroxyl groups excluding tert-OH is 2. The van der Waals surface area contributed by atoms with Crippen LogP contribution in [-0.2, 0) is 32.7 Å². The second-order valence-electron chi connectivity index (χ2n) is 2.73. The van der Waals surface area contributed by atoms with Gasteiger partial charge in [0, 0.05) is 32.7 Å². The van der Waals surface area contributed by atoms with Gasteiger partial charge in [-0.05, 0) is 7.05 Å². The van der Waals surface area contributed by atoms with Crippen LogP contribution >= 0.6 is 0 Å². The van der Waals surface area contributed by atoms with Crippen molar-refractivity contribution in [2.24, 2.45) is 0 Å². The molecule has 1 saturated heterocycles. The standard InChI is InChI=1S/C7H13NO2.Y/c1-5-3-6(9)7(10)4-8(5)2;/h3-7,9-10H,1-2H3;/q-2;. The minimum absolute atomic E-state index is 0. The van der Waals surface area contributed by atoms with Gasteiger partial charge in [0.05, 0.1) is 0 Å². The molecule has 1 rings (SSSR count). The molecule has 0 aromatic heterocycles. The molecule has 11 heavy (non-hydrogen) atoms. The van der Waals surface area contributed by atoms with Crippen LogP contribution in [0.4, 0.5) is 0 Å². The van der Waals surface area contributed by atoms with Gasteiger partial charge in [0.15, 0.2) is 0 Å². The fourth-order valence-corrected chi connectivity index (χ4v) is 1.000. The molecule has 0 bridgehead atoms. The van der Waals surface area contributed by atoms with E-state index in [1.165, 1.54) is 0 Å². The van der Waals surface area contributed by atoms with Crippen LogP contribution in [0.5, 0.6) is 0 Å². The van der Waals surface area contributed by atoms with Gasteiger partial charge in [-0.25, -0.2) is 6.54 Å². The molecule has 2 N–H and O–H groups in total. The zero-order valence-electron chi connectivity index (χ0n) is 6.81. The number of rotatable bonds is 0. The Hall–Kier alpha value is 0.984. The molecule has 0 amide bonds. The van der Waals surface area contributed by atoms with Crippen molar-refractivity contribution < 1.29 is 42.9 Å². The summed E-state index contributed by atoms with van der Waals surface area (Å²) >= 11 is 0. The molecule has 0 aromatic carbocycles. The Morgan fingerprint density at radius 3 is 2.27 bits per heavy atom. The second-order valence-corrected chi connectivity index (χ2v) is 2.73. The van der Waals surface area contributed by atoms with E-state index in [4.69, 9.17) is 10.2 Å². The molecule has 63 valence electrons. The average molecular weight is 232 g/mol. The van der Waals surface area contributed by atoms with Gasteiger partial charge in [0.1, 0.15) is 0 Å².